The molecule has 20 heavy (non-hydrogen) atoms. The van der Waals surface area contributed by atoms with E-state index in [-0.39, 0.29) is 17.7 Å². The first-order valence-electron chi connectivity index (χ1n) is 7.62. The van der Waals surface area contributed by atoms with E-state index in [0.29, 0.717) is 19.4 Å². The van der Waals surface area contributed by atoms with Gasteiger partial charge in [-0.3, -0.25) is 4.79 Å². The Labute approximate surface area is 121 Å². The van der Waals surface area contributed by atoms with Crippen molar-refractivity contribution in [3.63, 3.8) is 0 Å². The van der Waals surface area contributed by atoms with Crippen LogP contribution in [0.4, 0.5) is 0 Å². The van der Waals surface area contributed by atoms with Crippen molar-refractivity contribution in [3.8, 4) is 0 Å². The Kier molecular flexibility index (Phi) is 5.07. The monoisotopic (exact) mass is 303 g/mol. The average molecular weight is 303 g/mol. The molecule has 1 saturated heterocycles. The van der Waals surface area contributed by atoms with Gasteiger partial charge in [0.2, 0.25) is 10.0 Å². The van der Waals surface area contributed by atoms with Crippen molar-refractivity contribution in [1.29, 1.82) is 0 Å². The lowest BCUT2D eigenvalue weighted by Gasteiger charge is -2.36. The number of carbonyl (C=O) groups is 1. The number of piperidine rings is 1. The maximum atomic E-state index is 12.5. The Morgan fingerprint density at radius 3 is 2.40 bits per heavy atom. The van der Waals surface area contributed by atoms with Crippen LogP contribution in [-0.4, -0.2) is 42.1 Å². The lowest BCUT2D eigenvalue weighted by Crippen LogP contribution is -2.47. The van der Waals surface area contributed by atoms with Gasteiger partial charge in [-0.1, -0.05) is 19.3 Å². The molecule has 1 heterocycles. The summed E-state index contributed by atoms with van der Waals surface area (Å²) in [5.41, 5.74) is 0. The van der Waals surface area contributed by atoms with E-state index in [2.05, 4.69) is 0 Å². The van der Waals surface area contributed by atoms with Crippen molar-refractivity contribution in [3.05, 3.63) is 0 Å². The minimum absolute atomic E-state index is 0.196. The summed E-state index contributed by atoms with van der Waals surface area (Å²) in [4.78, 5) is 11.0. The van der Waals surface area contributed by atoms with Crippen LogP contribution in [0.15, 0.2) is 0 Å². The van der Waals surface area contributed by atoms with Gasteiger partial charge in [0, 0.05) is 12.6 Å². The summed E-state index contributed by atoms with van der Waals surface area (Å²) in [6, 6.07) is -0.196. The molecule has 2 atom stereocenters. The molecule has 1 aliphatic carbocycles. The van der Waals surface area contributed by atoms with Gasteiger partial charge in [-0.25, -0.2) is 8.42 Å². The SMILES string of the molecule is CC1CC(C(=O)O)CCN1S(=O)(=O)CC1CCCCC1. The molecule has 0 aromatic rings. The van der Waals surface area contributed by atoms with Crippen molar-refractivity contribution in [2.75, 3.05) is 12.3 Å². The molecule has 0 amide bonds. The number of rotatable bonds is 4. The van der Waals surface area contributed by atoms with Gasteiger partial charge in [-0.05, 0) is 38.5 Å². The Morgan fingerprint density at radius 2 is 1.85 bits per heavy atom. The van der Waals surface area contributed by atoms with Gasteiger partial charge in [0.1, 0.15) is 0 Å². The molecule has 1 aliphatic heterocycles. The zero-order valence-electron chi connectivity index (χ0n) is 12.1. The Bertz CT molecular complexity index is 442. The number of carboxylic acids is 1. The Morgan fingerprint density at radius 1 is 1.20 bits per heavy atom. The average Bonchev–Trinajstić information content (AvgIpc) is 2.38. The summed E-state index contributed by atoms with van der Waals surface area (Å²) < 4.78 is 26.6. The lowest BCUT2D eigenvalue weighted by molar-refractivity contribution is -0.143. The van der Waals surface area contributed by atoms with Crippen LogP contribution in [-0.2, 0) is 14.8 Å². The van der Waals surface area contributed by atoms with E-state index in [9.17, 15) is 13.2 Å². The second kappa shape index (κ2) is 6.43. The third-order valence-electron chi connectivity index (χ3n) is 4.69. The fourth-order valence-corrected chi connectivity index (χ4v) is 5.67. The summed E-state index contributed by atoms with van der Waals surface area (Å²) in [6.45, 7) is 2.18. The van der Waals surface area contributed by atoms with Crippen molar-refractivity contribution < 1.29 is 18.3 Å². The van der Waals surface area contributed by atoms with Crippen molar-refractivity contribution in [2.45, 2.75) is 57.9 Å². The van der Waals surface area contributed by atoms with E-state index in [1.807, 2.05) is 6.92 Å². The minimum atomic E-state index is -3.24. The highest BCUT2D eigenvalue weighted by molar-refractivity contribution is 7.89. The number of hydrogen-bond acceptors (Lipinski definition) is 3. The molecule has 2 unspecified atom stereocenters. The number of aliphatic carboxylic acids is 1. The molecule has 116 valence electrons. The number of hydrogen-bond donors (Lipinski definition) is 1. The van der Waals surface area contributed by atoms with Gasteiger partial charge in [-0.2, -0.15) is 4.31 Å². The molecule has 0 aromatic carbocycles. The van der Waals surface area contributed by atoms with E-state index < -0.39 is 21.9 Å². The molecule has 0 radical (unpaired) electrons. The fraction of sp³-hybridized carbons (Fsp3) is 0.929. The molecule has 1 N–H and O–H groups in total. The standard InChI is InChI=1S/C14H25NO4S/c1-11-9-13(14(16)17)7-8-15(11)20(18,19)10-12-5-3-2-4-6-12/h11-13H,2-10H2,1H3,(H,16,17). The van der Waals surface area contributed by atoms with E-state index in [4.69, 9.17) is 5.11 Å². The molecule has 0 spiro atoms. The third-order valence-corrected chi connectivity index (χ3v) is 6.84. The third kappa shape index (κ3) is 3.73. The van der Waals surface area contributed by atoms with Crippen molar-refractivity contribution in [1.82, 2.24) is 4.31 Å². The van der Waals surface area contributed by atoms with E-state index in [1.54, 1.807) is 4.31 Å². The summed E-state index contributed by atoms with van der Waals surface area (Å²) in [5, 5.41) is 9.04. The van der Waals surface area contributed by atoms with Gasteiger partial charge >= 0.3 is 5.97 Å². The van der Waals surface area contributed by atoms with Crippen LogP contribution in [0.1, 0.15) is 51.9 Å². The summed E-state index contributed by atoms with van der Waals surface area (Å²) in [7, 11) is -3.24. The number of carboxylic acid groups (broad SMARTS) is 1. The predicted molar refractivity (Wildman–Crippen MR) is 76.9 cm³/mol. The largest absolute Gasteiger partial charge is 0.481 e. The van der Waals surface area contributed by atoms with Crippen molar-refractivity contribution >= 4 is 16.0 Å². The summed E-state index contributed by atoms with van der Waals surface area (Å²) in [6.07, 6.45) is 6.38. The van der Waals surface area contributed by atoms with Crippen molar-refractivity contribution in [2.24, 2.45) is 11.8 Å². The smallest absolute Gasteiger partial charge is 0.306 e. The molecular weight excluding hydrogens is 278 g/mol. The molecule has 6 heteroatoms. The predicted octanol–water partition coefficient (Wildman–Crippen LogP) is 2.08. The Balaban J connectivity index is 1.97. The zero-order valence-corrected chi connectivity index (χ0v) is 12.9. The maximum absolute atomic E-state index is 12.5. The molecule has 2 rings (SSSR count). The Hall–Kier alpha value is -0.620. The van der Waals surface area contributed by atoms with Crippen LogP contribution >= 0.6 is 0 Å². The van der Waals surface area contributed by atoms with E-state index in [0.717, 1.165) is 25.7 Å². The van der Waals surface area contributed by atoms with E-state index in [1.165, 1.54) is 6.42 Å². The van der Waals surface area contributed by atoms with Gasteiger partial charge in [0.25, 0.3) is 0 Å². The highest BCUT2D eigenvalue weighted by Gasteiger charge is 2.37. The quantitative estimate of drug-likeness (QED) is 0.863. The molecule has 0 aromatic heterocycles. The first kappa shape index (κ1) is 15.8. The zero-order chi connectivity index (χ0) is 14.8. The van der Waals surface area contributed by atoms with Gasteiger partial charge in [0.05, 0.1) is 11.7 Å². The van der Waals surface area contributed by atoms with Gasteiger partial charge in [0.15, 0.2) is 0 Å². The topological polar surface area (TPSA) is 74.7 Å². The molecule has 5 nitrogen and oxygen atoms in total. The second-order valence-corrected chi connectivity index (χ2v) is 8.27. The first-order chi connectivity index (χ1) is 9.40. The van der Waals surface area contributed by atoms with Crippen LogP contribution in [0, 0.1) is 11.8 Å². The number of nitrogens with zero attached hydrogens (tertiary/aromatic N) is 1. The minimum Gasteiger partial charge on any atom is -0.481 e. The molecule has 0 bridgehead atoms. The normalized spacial score (nSPS) is 30.2. The fourth-order valence-electron chi connectivity index (χ4n) is 3.54. The van der Waals surface area contributed by atoms with Gasteiger partial charge in [-0.15, -0.1) is 0 Å². The lowest BCUT2D eigenvalue weighted by atomic mass is 9.91. The van der Waals surface area contributed by atoms with Crippen LogP contribution in [0.2, 0.25) is 0 Å². The van der Waals surface area contributed by atoms with Crippen LogP contribution in [0.25, 0.3) is 0 Å². The van der Waals surface area contributed by atoms with Crippen LogP contribution in [0.5, 0.6) is 0 Å². The molecule has 1 saturated carbocycles. The molecular formula is C14H25NO4S. The first-order valence-corrected chi connectivity index (χ1v) is 9.23. The highest BCUT2D eigenvalue weighted by Crippen LogP contribution is 2.29. The van der Waals surface area contributed by atoms with Crippen LogP contribution in [0.3, 0.4) is 0 Å². The van der Waals surface area contributed by atoms with E-state index >= 15 is 0 Å². The molecule has 2 fully saturated rings. The summed E-state index contributed by atoms with van der Waals surface area (Å²) in [5.74, 6) is -0.666. The molecule has 2 aliphatic rings. The van der Waals surface area contributed by atoms with Gasteiger partial charge < -0.3 is 5.11 Å². The second-order valence-electron chi connectivity index (χ2n) is 6.30. The maximum Gasteiger partial charge on any atom is 0.306 e. The van der Waals surface area contributed by atoms with Crippen LogP contribution < -0.4 is 0 Å². The summed E-state index contributed by atoms with van der Waals surface area (Å²) >= 11 is 0. The highest BCUT2D eigenvalue weighted by atomic mass is 32.2. The number of sulfonamides is 1.